The predicted molar refractivity (Wildman–Crippen MR) is 83.8 cm³/mol. The van der Waals surface area contributed by atoms with Gasteiger partial charge in [-0.3, -0.25) is 0 Å². The van der Waals surface area contributed by atoms with Crippen LogP contribution in [-0.2, 0) is 13.8 Å². The quantitative estimate of drug-likeness (QED) is 0.508. The van der Waals surface area contributed by atoms with Gasteiger partial charge in [0, 0.05) is 6.42 Å². The van der Waals surface area contributed by atoms with Crippen LogP contribution in [0.3, 0.4) is 0 Å². The van der Waals surface area contributed by atoms with Gasteiger partial charge in [0.15, 0.2) is 12.3 Å². The van der Waals surface area contributed by atoms with Crippen LogP contribution in [0, 0.1) is 17.2 Å². The molecule has 118 valence electrons. The molecule has 0 aromatic heterocycles. The van der Waals surface area contributed by atoms with Gasteiger partial charge in [0.05, 0.1) is 5.56 Å². The summed E-state index contributed by atoms with van der Waals surface area (Å²) in [7, 11) is -1.71. The van der Waals surface area contributed by atoms with Crippen LogP contribution in [0.15, 0.2) is 30.3 Å². The molecule has 6 heteroatoms. The van der Waals surface area contributed by atoms with E-state index in [-0.39, 0.29) is 0 Å². The van der Waals surface area contributed by atoms with E-state index >= 15 is 0 Å². The first-order chi connectivity index (χ1) is 10.5. The molecule has 0 saturated carbocycles. The Morgan fingerprint density at radius 3 is 2.59 bits per heavy atom. The van der Waals surface area contributed by atoms with Crippen LogP contribution in [0.25, 0.3) is 0 Å². The molecule has 0 heterocycles. The molecule has 0 aliphatic rings. The van der Waals surface area contributed by atoms with E-state index in [1.165, 1.54) is 0 Å². The molecule has 22 heavy (non-hydrogen) atoms. The second-order valence-corrected chi connectivity index (χ2v) is 6.65. The van der Waals surface area contributed by atoms with Gasteiger partial charge in [-0.05, 0) is 29.0 Å². The summed E-state index contributed by atoms with van der Waals surface area (Å²) in [6, 6.07) is 10.5. The Labute approximate surface area is 132 Å². The van der Waals surface area contributed by atoms with Crippen LogP contribution in [0.4, 0.5) is 0 Å². The zero-order valence-corrected chi connectivity index (χ0v) is 13.8. The summed E-state index contributed by atoms with van der Waals surface area (Å²) in [5.41, 5.74) is 0.411. The van der Waals surface area contributed by atoms with E-state index in [4.69, 9.17) is 14.5 Å². The summed E-state index contributed by atoms with van der Waals surface area (Å²) >= 11 is 0. The molecular weight excluding hydrogens is 301 g/mol. The second-order valence-electron chi connectivity index (χ2n) is 5.28. The fraction of sp³-hybridized carbons (Fsp3) is 0.500. The number of nitriles is 1. The summed E-state index contributed by atoms with van der Waals surface area (Å²) in [6.07, 6.45) is 0.388. The molecule has 0 aliphatic carbocycles. The van der Waals surface area contributed by atoms with E-state index in [1.807, 2.05) is 19.9 Å². The minimum atomic E-state index is -1.71. The first kappa shape index (κ1) is 18.3. The van der Waals surface area contributed by atoms with Crippen LogP contribution >= 0.6 is 8.03 Å². The Morgan fingerprint density at radius 2 is 2.00 bits per heavy atom. The van der Waals surface area contributed by atoms with Crippen LogP contribution in [0.2, 0.25) is 0 Å². The summed E-state index contributed by atoms with van der Waals surface area (Å²) in [4.78, 5) is 11.8. The van der Waals surface area contributed by atoms with Crippen molar-refractivity contribution in [2.45, 2.75) is 32.8 Å². The molecule has 0 saturated heterocycles. The Hall–Kier alpha value is -1.76. The third-order valence-electron chi connectivity index (χ3n) is 2.76. The molecule has 0 fully saturated rings. The summed E-state index contributed by atoms with van der Waals surface area (Å²) in [6.45, 7) is 4.43. The van der Waals surface area contributed by atoms with E-state index in [9.17, 15) is 9.36 Å². The zero-order valence-electron chi connectivity index (χ0n) is 12.9. The molecule has 0 bridgehead atoms. The topological polar surface area (TPSA) is 76.4 Å². The Morgan fingerprint density at radius 1 is 1.32 bits per heavy atom. The predicted octanol–water partition coefficient (Wildman–Crippen LogP) is 3.93. The van der Waals surface area contributed by atoms with Gasteiger partial charge >= 0.3 is 14.0 Å². The number of hydrogen-bond donors (Lipinski definition) is 0. The van der Waals surface area contributed by atoms with E-state index in [2.05, 4.69) is 0 Å². The Kier molecular flexibility index (Phi) is 8.35. The van der Waals surface area contributed by atoms with Crippen molar-refractivity contribution in [3.63, 3.8) is 0 Å². The van der Waals surface area contributed by atoms with Gasteiger partial charge in [-0.1, -0.05) is 32.0 Å². The fourth-order valence-corrected chi connectivity index (χ4v) is 2.66. The Bertz CT molecular complexity index is 525. The van der Waals surface area contributed by atoms with Gasteiger partial charge in [0.1, 0.15) is 12.7 Å². The third-order valence-corrected chi connectivity index (χ3v) is 3.88. The SMILES string of the molecule is CC(C)CO[P+](=O)CCCC(C#N)OC(=O)c1ccccc1. The molecule has 0 amide bonds. The molecule has 0 spiro atoms. The number of esters is 1. The lowest BCUT2D eigenvalue weighted by molar-refractivity contribution is 0.0392. The van der Waals surface area contributed by atoms with Crippen molar-refractivity contribution in [3.8, 4) is 6.07 Å². The first-order valence-electron chi connectivity index (χ1n) is 7.26. The molecule has 0 aliphatic heterocycles. The zero-order chi connectivity index (χ0) is 16.4. The van der Waals surface area contributed by atoms with Gasteiger partial charge in [0.2, 0.25) is 0 Å². The second kappa shape index (κ2) is 10.0. The minimum absolute atomic E-state index is 0.331. The summed E-state index contributed by atoms with van der Waals surface area (Å²) < 4.78 is 21.9. The van der Waals surface area contributed by atoms with Crippen molar-refractivity contribution in [1.82, 2.24) is 0 Å². The van der Waals surface area contributed by atoms with Crippen molar-refractivity contribution in [2.75, 3.05) is 12.8 Å². The number of carbonyl (C=O) groups excluding carboxylic acids is 1. The van der Waals surface area contributed by atoms with Gasteiger partial charge < -0.3 is 4.74 Å². The van der Waals surface area contributed by atoms with Crippen LogP contribution in [0.5, 0.6) is 0 Å². The molecule has 5 nitrogen and oxygen atoms in total. The van der Waals surface area contributed by atoms with E-state index in [0.717, 1.165) is 0 Å². The molecule has 1 aromatic carbocycles. The highest BCUT2D eigenvalue weighted by molar-refractivity contribution is 7.39. The molecule has 0 radical (unpaired) electrons. The first-order valence-corrected chi connectivity index (χ1v) is 8.62. The lowest BCUT2D eigenvalue weighted by atomic mass is 10.2. The van der Waals surface area contributed by atoms with Crippen molar-refractivity contribution in [2.24, 2.45) is 5.92 Å². The molecule has 2 atom stereocenters. The van der Waals surface area contributed by atoms with Gasteiger partial charge in [-0.25, -0.2) is 4.79 Å². The smallest absolute Gasteiger partial charge is 0.443 e. The van der Waals surface area contributed by atoms with Crippen molar-refractivity contribution < 1.29 is 18.6 Å². The molecular formula is C16H21NO4P+. The number of nitrogens with zero attached hydrogens (tertiary/aromatic N) is 1. The lowest BCUT2D eigenvalue weighted by Gasteiger charge is -2.09. The average molecular weight is 322 g/mol. The highest BCUT2D eigenvalue weighted by Gasteiger charge is 2.21. The maximum atomic E-state index is 11.8. The van der Waals surface area contributed by atoms with E-state index in [1.54, 1.807) is 30.3 Å². The minimum Gasteiger partial charge on any atom is -0.443 e. The van der Waals surface area contributed by atoms with Crippen LogP contribution in [0.1, 0.15) is 37.0 Å². The largest absolute Gasteiger partial charge is 0.508 e. The van der Waals surface area contributed by atoms with Gasteiger partial charge in [-0.15, -0.1) is 4.52 Å². The number of hydrogen-bond acceptors (Lipinski definition) is 5. The third kappa shape index (κ3) is 7.31. The number of benzene rings is 1. The van der Waals surface area contributed by atoms with Crippen LogP contribution < -0.4 is 0 Å². The van der Waals surface area contributed by atoms with Crippen molar-refractivity contribution in [1.29, 1.82) is 5.26 Å². The molecule has 2 unspecified atom stereocenters. The van der Waals surface area contributed by atoms with Crippen LogP contribution in [-0.4, -0.2) is 24.8 Å². The number of carbonyl (C=O) groups is 1. The number of rotatable bonds is 9. The van der Waals surface area contributed by atoms with Gasteiger partial charge in [0.25, 0.3) is 0 Å². The normalized spacial score (nSPS) is 12.5. The molecule has 0 N–H and O–H groups in total. The standard InChI is InChI=1S/C16H21NO4P/c1-13(2)12-20-22(19)10-6-9-15(11-17)21-16(18)14-7-4-3-5-8-14/h3-5,7-8,13,15H,6,9-10,12H2,1-2H3/q+1. The lowest BCUT2D eigenvalue weighted by Crippen LogP contribution is -2.16. The number of ether oxygens (including phenoxy) is 1. The fourth-order valence-electron chi connectivity index (χ4n) is 1.62. The average Bonchev–Trinajstić information content (AvgIpc) is 2.52. The molecule has 1 rings (SSSR count). The highest BCUT2D eigenvalue weighted by Crippen LogP contribution is 2.25. The van der Waals surface area contributed by atoms with Crippen molar-refractivity contribution >= 4 is 14.0 Å². The maximum absolute atomic E-state index is 11.8. The summed E-state index contributed by atoms with van der Waals surface area (Å²) in [5.74, 6) is -0.190. The van der Waals surface area contributed by atoms with Crippen molar-refractivity contribution in [3.05, 3.63) is 35.9 Å². The van der Waals surface area contributed by atoms with Gasteiger partial charge in [-0.2, -0.15) is 5.26 Å². The monoisotopic (exact) mass is 322 g/mol. The maximum Gasteiger partial charge on any atom is 0.508 e. The molecule has 1 aromatic rings. The Balaban J connectivity index is 2.32. The van der Waals surface area contributed by atoms with E-state index in [0.29, 0.717) is 37.1 Å². The van der Waals surface area contributed by atoms with E-state index < -0.39 is 20.1 Å². The summed E-state index contributed by atoms with van der Waals surface area (Å²) in [5, 5.41) is 9.03. The highest BCUT2D eigenvalue weighted by atomic mass is 31.1.